The van der Waals surface area contributed by atoms with E-state index >= 15 is 0 Å². The summed E-state index contributed by atoms with van der Waals surface area (Å²) in [7, 11) is 0. The first-order chi connectivity index (χ1) is 7.43. The molecule has 73 valence electrons. The fourth-order valence-electron chi connectivity index (χ4n) is 1.07. The molecule has 4 nitrogen and oxygen atoms in total. The van der Waals surface area contributed by atoms with Crippen LogP contribution in [0.15, 0.2) is 16.4 Å². The molecule has 0 saturated carbocycles. The lowest BCUT2D eigenvalue weighted by atomic mass is 10.3. The molecule has 0 bridgehead atoms. The molecule has 3 aromatic rings. The average molecular weight is 251 g/mol. The van der Waals surface area contributed by atoms with Gasteiger partial charge in [0.2, 0.25) is 0 Å². The number of thiophene rings is 1. The number of hydrogen-bond donors (Lipinski definition) is 0. The standard InChI is InChI=1S/C8H3N4S3/c1-5(7-11-9-3-14-7)2-13-6(1)8-12-10-4-15-8/h2-4H. The largest absolute Gasteiger partial charge is 0.158 e. The lowest BCUT2D eigenvalue weighted by molar-refractivity contribution is 1.09. The molecular formula is C8H3N4S3. The SMILES string of the molecule is [c]1c(-c2nncs2)csc1-c1nncs1. The van der Waals surface area contributed by atoms with E-state index in [0.29, 0.717) is 0 Å². The molecule has 1 radical (unpaired) electrons. The minimum absolute atomic E-state index is 0.891. The van der Waals surface area contributed by atoms with Gasteiger partial charge in [-0.05, 0) is 0 Å². The third-order valence-electron chi connectivity index (χ3n) is 1.69. The minimum atomic E-state index is 0.891. The molecular weight excluding hydrogens is 248 g/mol. The van der Waals surface area contributed by atoms with E-state index in [9.17, 15) is 0 Å². The number of rotatable bonds is 2. The fraction of sp³-hybridized carbons (Fsp3) is 0. The normalized spacial score (nSPS) is 10.7. The summed E-state index contributed by atoms with van der Waals surface area (Å²) < 4.78 is 0. The summed E-state index contributed by atoms with van der Waals surface area (Å²) >= 11 is 4.61. The third-order valence-corrected chi connectivity index (χ3v) is 4.13. The zero-order valence-electron chi connectivity index (χ0n) is 7.25. The second-order valence-electron chi connectivity index (χ2n) is 2.59. The molecule has 0 spiro atoms. The first-order valence-corrected chi connectivity index (χ1v) is 6.61. The second kappa shape index (κ2) is 3.76. The van der Waals surface area contributed by atoms with Gasteiger partial charge in [-0.1, -0.05) is 22.7 Å². The van der Waals surface area contributed by atoms with Crippen molar-refractivity contribution in [1.29, 1.82) is 0 Å². The van der Waals surface area contributed by atoms with Gasteiger partial charge in [-0.15, -0.1) is 31.7 Å². The van der Waals surface area contributed by atoms with Crippen molar-refractivity contribution in [1.82, 2.24) is 20.4 Å². The maximum Gasteiger partial charge on any atom is 0.158 e. The van der Waals surface area contributed by atoms with Crippen molar-refractivity contribution in [3.8, 4) is 20.5 Å². The van der Waals surface area contributed by atoms with Crippen LogP contribution < -0.4 is 0 Å². The zero-order valence-corrected chi connectivity index (χ0v) is 9.70. The van der Waals surface area contributed by atoms with Crippen LogP contribution in [0.1, 0.15) is 0 Å². The maximum atomic E-state index is 4.00. The van der Waals surface area contributed by atoms with Crippen molar-refractivity contribution in [3.63, 3.8) is 0 Å². The first-order valence-electron chi connectivity index (χ1n) is 3.97. The highest BCUT2D eigenvalue weighted by Crippen LogP contribution is 2.32. The van der Waals surface area contributed by atoms with Crippen molar-refractivity contribution in [2.24, 2.45) is 0 Å². The highest BCUT2D eigenvalue weighted by molar-refractivity contribution is 7.20. The van der Waals surface area contributed by atoms with Crippen LogP contribution in [0.5, 0.6) is 0 Å². The molecule has 3 aromatic heterocycles. The quantitative estimate of drug-likeness (QED) is 0.702. The Hall–Kier alpha value is -1.18. The second-order valence-corrected chi connectivity index (χ2v) is 5.14. The van der Waals surface area contributed by atoms with Gasteiger partial charge in [-0.2, -0.15) is 0 Å². The molecule has 0 aliphatic rings. The van der Waals surface area contributed by atoms with E-state index in [1.54, 1.807) is 22.4 Å². The van der Waals surface area contributed by atoms with Crippen molar-refractivity contribution < 1.29 is 0 Å². The lowest BCUT2D eigenvalue weighted by Crippen LogP contribution is -1.73. The van der Waals surface area contributed by atoms with Gasteiger partial charge in [0, 0.05) is 17.0 Å². The van der Waals surface area contributed by atoms with Gasteiger partial charge < -0.3 is 0 Å². The van der Waals surface area contributed by atoms with Crippen LogP contribution in [0, 0.1) is 6.07 Å². The lowest BCUT2D eigenvalue weighted by Gasteiger charge is -1.84. The van der Waals surface area contributed by atoms with Crippen molar-refractivity contribution in [3.05, 3.63) is 22.5 Å². The summed E-state index contributed by atoms with van der Waals surface area (Å²) in [6.45, 7) is 0. The van der Waals surface area contributed by atoms with E-state index in [2.05, 4.69) is 26.5 Å². The van der Waals surface area contributed by atoms with E-state index in [0.717, 1.165) is 20.5 Å². The van der Waals surface area contributed by atoms with Gasteiger partial charge in [0.15, 0.2) is 5.01 Å². The van der Waals surface area contributed by atoms with Crippen molar-refractivity contribution >= 4 is 34.0 Å². The zero-order chi connectivity index (χ0) is 10.1. The van der Waals surface area contributed by atoms with E-state index < -0.39 is 0 Å². The van der Waals surface area contributed by atoms with Gasteiger partial charge >= 0.3 is 0 Å². The summed E-state index contributed by atoms with van der Waals surface area (Å²) in [4.78, 5) is 1.00. The van der Waals surface area contributed by atoms with E-state index in [-0.39, 0.29) is 0 Å². The fourth-order valence-corrected chi connectivity index (χ4v) is 3.12. The summed E-state index contributed by atoms with van der Waals surface area (Å²) in [5.74, 6) is 0. The van der Waals surface area contributed by atoms with Gasteiger partial charge in [0.1, 0.15) is 16.0 Å². The van der Waals surface area contributed by atoms with E-state index in [4.69, 9.17) is 0 Å². The molecule has 15 heavy (non-hydrogen) atoms. The molecule has 0 fully saturated rings. The molecule has 7 heteroatoms. The number of hydrogen-bond acceptors (Lipinski definition) is 7. The van der Waals surface area contributed by atoms with Gasteiger partial charge in [-0.25, -0.2) is 0 Å². The van der Waals surface area contributed by atoms with E-state index in [1.807, 2.05) is 5.38 Å². The Morgan fingerprint density at radius 1 is 0.933 bits per heavy atom. The van der Waals surface area contributed by atoms with Crippen LogP contribution in [-0.4, -0.2) is 20.4 Å². The van der Waals surface area contributed by atoms with Crippen LogP contribution in [0.3, 0.4) is 0 Å². The molecule has 0 saturated heterocycles. The highest BCUT2D eigenvalue weighted by atomic mass is 32.1. The molecule has 0 unspecified atom stereocenters. The summed E-state index contributed by atoms with van der Waals surface area (Å²) in [5.41, 5.74) is 4.41. The molecule has 0 amide bonds. The molecule has 0 atom stereocenters. The number of aromatic nitrogens is 4. The van der Waals surface area contributed by atoms with Gasteiger partial charge in [-0.3, -0.25) is 0 Å². The predicted octanol–water partition coefficient (Wildman–Crippen LogP) is 2.59. The Morgan fingerprint density at radius 3 is 2.33 bits per heavy atom. The van der Waals surface area contributed by atoms with Crippen molar-refractivity contribution in [2.75, 3.05) is 0 Å². The van der Waals surface area contributed by atoms with Crippen LogP contribution in [0.2, 0.25) is 0 Å². The van der Waals surface area contributed by atoms with Gasteiger partial charge in [0.25, 0.3) is 0 Å². The topological polar surface area (TPSA) is 51.6 Å². The Balaban J connectivity index is 2.02. The Bertz CT molecular complexity index is 491. The molecule has 0 aliphatic heterocycles. The smallest absolute Gasteiger partial charge is 0.147 e. The molecule has 0 N–H and O–H groups in total. The summed E-state index contributed by atoms with van der Waals surface area (Å²) in [6, 6.07) is 3.25. The molecule has 3 rings (SSSR count). The Labute approximate surface area is 97.3 Å². The molecule has 0 aromatic carbocycles. The number of nitrogens with zero attached hydrogens (tertiary/aromatic N) is 4. The predicted molar refractivity (Wildman–Crippen MR) is 61.0 cm³/mol. The molecule has 3 heterocycles. The Kier molecular flexibility index (Phi) is 2.28. The minimum Gasteiger partial charge on any atom is -0.147 e. The van der Waals surface area contributed by atoms with Crippen molar-refractivity contribution in [2.45, 2.75) is 0 Å². The Morgan fingerprint density at radius 2 is 1.67 bits per heavy atom. The van der Waals surface area contributed by atoms with E-state index in [1.165, 1.54) is 22.7 Å². The maximum absolute atomic E-state index is 4.00. The van der Waals surface area contributed by atoms with Crippen LogP contribution in [-0.2, 0) is 0 Å². The third kappa shape index (κ3) is 1.69. The van der Waals surface area contributed by atoms with Crippen LogP contribution in [0.4, 0.5) is 0 Å². The summed E-state index contributed by atoms with van der Waals surface area (Å²) in [5, 5.41) is 19.4. The summed E-state index contributed by atoms with van der Waals surface area (Å²) in [6.07, 6.45) is 0. The van der Waals surface area contributed by atoms with Crippen LogP contribution >= 0.6 is 34.0 Å². The monoisotopic (exact) mass is 251 g/mol. The average Bonchev–Trinajstić information content (AvgIpc) is 3.02. The molecule has 0 aliphatic carbocycles. The highest BCUT2D eigenvalue weighted by Gasteiger charge is 2.09. The van der Waals surface area contributed by atoms with Crippen LogP contribution in [0.25, 0.3) is 20.5 Å². The first kappa shape index (κ1) is 9.08. The van der Waals surface area contributed by atoms with Gasteiger partial charge in [0.05, 0.1) is 4.88 Å².